The first-order valence-corrected chi connectivity index (χ1v) is 11.7. The lowest BCUT2D eigenvalue weighted by Crippen LogP contribution is -2.76. The highest BCUT2D eigenvalue weighted by molar-refractivity contribution is 7.80. The number of quaternary nitrogens is 1. The number of para-hydroxylation sites is 1. The Hall–Kier alpha value is -3.47. The largest absolute Gasteiger partial charge is 0.573 e. The van der Waals surface area contributed by atoms with Gasteiger partial charge in [-0.3, -0.25) is 10.7 Å². The van der Waals surface area contributed by atoms with Crippen molar-refractivity contribution in [2.24, 2.45) is 4.99 Å². The molecule has 5 N–H and O–H groups in total. The standard InChI is InChI=1S/C25H21ClF3N5OS/c26-20-3-1-2-4-21(20)33-24(36)34-22-13-19(22)15-5-7-16(8-6-15)23(30)32-14-31-17-9-11-18(12-10-17)35-25(27,28)29/h1-12,14,19,22H,13H2,(H2,30,31,32)(H2,33,34,36)/p+1. The van der Waals surface area contributed by atoms with Crippen molar-refractivity contribution < 1.29 is 23.2 Å². The molecule has 1 aliphatic rings. The SMILES string of the molecule is N=C(N=C[NH2+]c1ccc(OC(F)(F)F)cc1)c1ccc(C2CC2NC(=S)Nc2ccccc2Cl)cc1. The summed E-state index contributed by atoms with van der Waals surface area (Å²) in [5.74, 6) is 0.0991. The van der Waals surface area contributed by atoms with Crippen molar-refractivity contribution in [3.05, 3.63) is 88.9 Å². The smallest absolute Gasteiger partial charge is 0.406 e. The van der Waals surface area contributed by atoms with Gasteiger partial charge in [-0.15, -0.1) is 13.2 Å². The number of hydrogen-bond donors (Lipinski definition) is 4. The first-order chi connectivity index (χ1) is 17.2. The molecule has 3 aromatic rings. The van der Waals surface area contributed by atoms with Gasteiger partial charge in [0.05, 0.1) is 10.7 Å². The molecule has 0 radical (unpaired) electrons. The predicted octanol–water partition coefficient (Wildman–Crippen LogP) is 5.33. The Morgan fingerprint density at radius 3 is 2.44 bits per heavy atom. The average Bonchev–Trinajstić information content (AvgIpc) is 3.59. The van der Waals surface area contributed by atoms with Crippen LogP contribution in [0.25, 0.3) is 0 Å². The monoisotopic (exact) mass is 532 g/mol. The van der Waals surface area contributed by atoms with Crippen LogP contribution in [0.2, 0.25) is 5.02 Å². The van der Waals surface area contributed by atoms with Gasteiger partial charge in [-0.05, 0) is 48.5 Å². The van der Waals surface area contributed by atoms with Crippen molar-refractivity contribution >= 4 is 52.5 Å². The molecule has 6 nitrogen and oxygen atoms in total. The van der Waals surface area contributed by atoms with Crippen molar-refractivity contribution in [1.29, 1.82) is 5.41 Å². The Kier molecular flexibility index (Phi) is 7.88. The normalized spacial score (nSPS) is 17.0. The molecule has 0 aliphatic heterocycles. The highest BCUT2D eigenvalue weighted by Crippen LogP contribution is 2.41. The second-order valence-corrected chi connectivity index (χ2v) is 8.87. The lowest BCUT2D eigenvalue weighted by atomic mass is 10.1. The summed E-state index contributed by atoms with van der Waals surface area (Å²) in [5.41, 5.74) is 3.17. The molecule has 1 saturated carbocycles. The molecule has 4 rings (SSSR count). The van der Waals surface area contributed by atoms with Crippen LogP contribution in [0.1, 0.15) is 23.5 Å². The Morgan fingerprint density at radius 2 is 1.78 bits per heavy atom. The Labute approximate surface area is 216 Å². The molecule has 36 heavy (non-hydrogen) atoms. The maximum atomic E-state index is 12.2. The number of ether oxygens (including phenoxy) is 1. The summed E-state index contributed by atoms with van der Waals surface area (Å²) in [6.07, 6.45) is -2.35. The van der Waals surface area contributed by atoms with E-state index in [2.05, 4.69) is 20.4 Å². The fourth-order valence-corrected chi connectivity index (χ4v) is 4.00. The van der Waals surface area contributed by atoms with E-state index in [0.717, 1.165) is 17.7 Å². The zero-order valence-electron chi connectivity index (χ0n) is 18.7. The number of nitrogens with zero attached hydrogens (tertiary/aromatic N) is 1. The number of amidine groups is 1. The fraction of sp³-hybridized carbons (Fsp3) is 0.160. The van der Waals surface area contributed by atoms with E-state index < -0.39 is 6.36 Å². The number of aliphatic imine (C=N–C) groups is 1. The van der Waals surface area contributed by atoms with Crippen LogP contribution in [-0.4, -0.2) is 29.7 Å². The van der Waals surface area contributed by atoms with Gasteiger partial charge in [-0.25, -0.2) is 0 Å². The van der Waals surface area contributed by atoms with Gasteiger partial charge in [-0.2, -0.15) is 4.99 Å². The van der Waals surface area contributed by atoms with Gasteiger partial charge in [-0.1, -0.05) is 48.0 Å². The highest BCUT2D eigenvalue weighted by Gasteiger charge is 2.38. The molecular weight excluding hydrogens is 511 g/mol. The molecule has 0 aromatic heterocycles. The van der Waals surface area contributed by atoms with Gasteiger partial charge >= 0.3 is 6.36 Å². The quantitative estimate of drug-likeness (QED) is 0.143. The molecule has 0 amide bonds. The van der Waals surface area contributed by atoms with Crippen LogP contribution < -0.4 is 20.7 Å². The number of benzene rings is 3. The minimum atomic E-state index is -4.73. The minimum Gasteiger partial charge on any atom is -0.406 e. The molecule has 2 atom stereocenters. The molecular formula is C25H22ClF3N5OS+. The second kappa shape index (κ2) is 11.1. The van der Waals surface area contributed by atoms with Crippen molar-refractivity contribution in [2.45, 2.75) is 24.7 Å². The number of halogens is 4. The van der Waals surface area contributed by atoms with Crippen LogP contribution in [0.4, 0.5) is 24.5 Å². The summed E-state index contributed by atoms with van der Waals surface area (Å²) >= 11 is 11.5. The molecule has 0 saturated heterocycles. The fourth-order valence-electron chi connectivity index (χ4n) is 3.55. The zero-order valence-corrected chi connectivity index (χ0v) is 20.3. The Balaban J connectivity index is 1.24. The molecule has 186 valence electrons. The van der Waals surface area contributed by atoms with Crippen LogP contribution in [0.5, 0.6) is 5.75 Å². The number of hydrogen-bond acceptors (Lipinski definition) is 3. The number of anilines is 1. The molecule has 3 aromatic carbocycles. The van der Waals surface area contributed by atoms with Gasteiger partial charge in [0.1, 0.15) is 11.4 Å². The van der Waals surface area contributed by atoms with Crippen LogP contribution in [0.15, 0.2) is 77.8 Å². The van der Waals surface area contributed by atoms with Crippen molar-refractivity contribution in [2.75, 3.05) is 5.32 Å². The van der Waals surface area contributed by atoms with Gasteiger partial charge in [0, 0.05) is 29.7 Å². The molecule has 1 aliphatic carbocycles. The van der Waals surface area contributed by atoms with E-state index in [9.17, 15) is 13.2 Å². The first kappa shape index (κ1) is 25.6. The van der Waals surface area contributed by atoms with E-state index in [-0.39, 0.29) is 17.6 Å². The van der Waals surface area contributed by atoms with Gasteiger partial charge in [0.25, 0.3) is 0 Å². The number of nitrogens with one attached hydrogen (secondary N) is 3. The number of thiocarbonyl (C=S) groups is 1. The van der Waals surface area contributed by atoms with Crippen LogP contribution in [0, 0.1) is 5.41 Å². The van der Waals surface area contributed by atoms with E-state index in [4.69, 9.17) is 29.2 Å². The summed E-state index contributed by atoms with van der Waals surface area (Å²) in [4.78, 5) is 4.11. The van der Waals surface area contributed by atoms with Crippen molar-refractivity contribution in [3.8, 4) is 5.75 Å². The lowest BCUT2D eigenvalue weighted by Gasteiger charge is -2.11. The molecule has 1 fully saturated rings. The first-order valence-electron chi connectivity index (χ1n) is 10.9. The summed E-state index contributed by atoms with van der Waals surface area (Å²) in [5, 5.41) is 17.3. The van der Waals surface area contributed by atoms with Gasteiger partial charge in [0.2, 0.25) is 0 Å². The van der Waals surface area contributed by atoms with Crippen molar-refractivity contribution in [1.82, 2.24) is 5.32 Å². The predicted molar refractivity (Wildman–Crippen MR) is 138 cm³/mol. The van der Waals surface area contributed by atoms with Crippen molar-refractivity contribution in [3.63, 3.8) is 0 Å². The van der Waals surface area contributed by atoms with E-state index >= 15 is 0 Å². The average molecular weight is 533 g/mol. The van der Waals surface area contributed by atoms with Gasteiger partial charge < -0.3 is 15.4 Å². The van der Waals surface area contributed by atoms with Gasteiger partial charge in [0.15, 0.2) is 17.3 Å². The molecule has 2 unspecified atom stereocenters. The van der Waals surface area contributed by atoms with Crippen LogP contribution >= 0.6 is 23.8 Å². The highest BCUT2D eigenvalue weighted by atomic mass is 35.5. The van der Waals surface area contributed by atoms with Crippen LogP contribution in [0.3, 0.4) is 0 Å². The Bertz CT molecular complexity index is 1270. The maximum absolute atomic E-state index is 12.2. The Morgan fingerprint density at radius 1 is 1.08 bits per heavy atom. The summed E-state index contributed by atoms with van der Waals surface area (Å²) in [7, 11) is 0. The summed E-state index contributed by atoms with van der Waals surface area (Å²) in [6.45, 7) is 0. The third-order valence-electron chi connectivity index (χ3n) is 5.43. The third-order valence-corrected chi connectivity index (χ3v) is 5.98. The lowest BCUT2D eigenvalue weighted by molar-refractivity contribution is -0.432. The van der Waals surface area contributed by atoms with E-state index in [0.29, 0.717) is 27.3 Å². The summed E-state index contributed by atoms with van der Waals surface area (Å²) in [6, 6.07) is 20.6. The third kappa shape index (κ3) is 7.27. The number of rotatable bonds is 7. The topological polar surface area (TPSA) is 86.1 Å². The molecule has 0 bridgehead atoms. The minimum absolute atomic E-state index is 0.0745. The number of alkyl halides is 3. The van der Waals surface area contributed by atoms with E-state index in [1.807, 2.05) is 42.5 Å². The van der Waals surface area contributed by atoms with E-state index in [1.165, 1.54) is 30.6 Å². The summed E-state index contributed by atoms with van der Waals surface area (Å²) < 4.78 is 40.5. The van der Waals surface area contributed by atoms with E-state index in [1.54, 1.807) is 11.4 Å². The second-order valence-electron chi connectivity index (χ2n) is 8.06. The molecule has 11 heteroatoms. The zero-order chi connectivity index (χ0) is 25.7. The van der Waals surface area contributed by atoms with Crippen LogP contribution in [-0.2, 0) is 0 Å². The molecule has 0 heterocycles. The maximum Gasteiger partial charge on any atom is 0.573 e. The molecule has 0 spiro atoms. The number of nitrogens with two attached hydrogens (primary N) is 1.